The molecule has 1 atom stereocenters. The largest absolute Gasteiger partial charge is 0.478 e. The van der Waals surface area contributed by atoms with E-state index in [9.17, 15) is 20.0 Å². The number of nitrogens with one attached hydrogen (secondary N) is 1. The second-order valence-corrected chi connectivity index (χ2v) is 6.36. The third-order valence-corrected chi connectivity index (χ3v) is 4.02. The molecule has 1 aromatic rings. The van der Waals surface area contributed by atoms with E-state index >= 15 is 0 Å². The Morgan fingerprint density at radius 2 is 2.19 bits per heavy atom. The number of aromatic carboxylic acids is 1. The van der Waals surface area contributed by atoms with Crippen LogP contribution < -0.4 is 5.32 Å². The lowest BCUT2D eigenvalue weighted by Crippen LogP contribution is -2.32. The van der Waals surface area contributed by atoms with Crippen molar-refractivity contribution in [3.8, 4) is 0 Å². The van der Waals surface area contributed by atoms with E-state index in [-0.39, 0.29) is 28.4 Å². The quantitative estimate of drug-likeness (QED) is 0.652. The Kier molecular flexibility index (Phi) is 4.16. The summed E-state index contributed by atoms with van der Waals surface area (Å²) in [4.78, 5) is 21.9. The van der Waals surface area contributed by atoms with Crippen molar-refractivity contribution in [3.05, 3.63) is 33.9 Å². The molecule has 0 aliphatic heterocycles. The first kappa shape index (κ1) is 15.3. The first-order chi connectivity index (χ1) is 9.80. The maximum absolute atomic E-state index is 11.3. The Bertz CT molecular complexity index is 537. The number of carbonyl (C=O) groups is 1. The van der Waals surface area contributed by atoms with Crippen molar-refractivity contribution in [1.29, 1.82) is 0 Å². The second-order valence-electron chi connectivity index (χ2n) is 6.36. The van der Waals surface area contributed by atoms with Crippen LogP contribution in [-0.4, -0.2) is 22.0 Å². The van der Waals surface area contributed by atoms with Crippen LogP contribution in [0.4, 0.5) is 11.4 Å². The van der Waals surface area contributed by atoms with Crippen LogP contribution in [0.5, 0.6) is 0 Å². The van der Waals surface area contributed by atoms with E-state index < -0.39 is 10.9 Å². The highest BCUT2D eigenvalue weighted by Gasteiger charge is 2.30. The number of benzene rings is 1. The van der Waals surface area contributed by atoms with Crippen LogP contribution in [0.25, 0.3) is 0 Å². The van der Waals surface area contributed by atoms with Gasteiger partial charge in [0.05, 0.1) is 10.5 Å². The molecule has 0 aromatic heterocycles. The van der Waals surface area contributed by atoms with Gasteiger partial charge >= 0.3 is 5.97 Å². The number of nitro groups is 1. The third kappa shape index (κ3) is 3.51. The maximum atomic E-state index is 11.3. The topological polar surface area (TPSA) is 92.5 Å². The molecule has 2 rings (SSSR count). The van der Waals surface area contributed by atoms with Gasteiger partial charge in [0.2, 0.25) is 0 Å². The molecule has 21 heavy (non-hydrogen) atoms. The number of anilines is 1. The molecular formula is C15H20N2O4. The van der Waals surface area contributed by atoms with Crippen molar-refractivity contribution in [1.82, 2.24) is 0 Å². The van der Waals surface area contributed by atoms with Gasteiger partial charge in [0.15, 0.2) is 0 Å². The molecule has 114 valence electrons. The summed E-state index contributed by atoms with van der Waals surface area (Å²) in [5, 5.41) is 23.5. The zero-order chi connectivity index (χ0) is 15.6. The lowest BCUT2D eigenvalue weighted by molar-refractivity contribution is -0.384. The normalized spacial score (nSPS) is 20.8. The van der Waals surface area contributed by atoms with Gasteiger partial charge in [-0.25, -0.2) is 4.79 Å². The lowest BCUT2D eigenvalue weighted by atomic mass is 9.75. The summed E-state index contributed by atoms with van der Waals surface area (Å²) >= 11 is 0. The number of para-hydroxylation sites is 1. The predicted molar refractivity (Wildman–Crippen MR) is 79.7 cm³/mol. The molecule has 1 aliphatic rings. The number of nitrogens with zero attached hydrogens (tertiary/aromatic N) is 1. The van der Waals surface area contributed by atoms with Gasteiger partial charge in [0, 0.05) is 12.1 Å². The summed E-state index contributed by atoms with van der Waals surface area (Å²) in [6.07, 6.45) is 3.92. The average molecular weight is 292 g/mol. The summed E-state index contributed by atoms with van der Waals surface area (Å²) in [6, 6.07) is 4.19. The monoisotopic (exact) mass is 292 g/mol. The minimum Gasteiger partial charge on any atom is -0.478 e. The second kappa shape index (κ2) is 5.71. The standard InChI is InChI=1S/C15H20N2O4/c1-15(2)8-4-5-10(9-15)16-13-11(14(18)19)6-3-7-12(13)17(20)21/h3,6-7,10,16H,4-5,8-9H2,1-2H3,(H,18,19). The van der Waals surface area contributed by atoms with E-state index in [0.29, 0.717) is 0 Å². The SMILES string of the molecule is CC1(C)CCCC(Nc2c(C(=O)O)cccc2[N+](=O)[O-])C1. The molecule has 6 heteroatoms. The molecule has 0 spiro atoms. The highest BCUT2D eigenvalue weighted by Crippen LogP contribution is 2.38. The first-order valence-corrected chi connectivity index (χ1v) is 7.07. The minimum atomic E-state index is -1.16. The van der Waals surface area contributed by atoms with Gasteiger partial charge in [-0.15, -0.1) is 0 Å². The fourth-order valence-electron chi connectivity index (χ4n) is 3.05. The number of hydrogen-bond acceptors (Lipinski definition) is 4. The Balaban J connectivity index is 2.33. The van der Waals surface area contributed by atoms with Crippen molar-refractivity contribution >= 4 is 17.3 Å². The maximum Gasteiger partial charge on any atom is 0.338 e. The van der Waals surface area contributed by atoms with E-state index in [1.54, 1.807) is 0 Å². The van der Waals surface area contributed by atoms with Crippen LogP contribution in [0.1, 0.15) is 49.9 Å². The van der Waals surface area contributed by atoms with Crippen molar-refractivity contribution in [2.75, 3.05) is 5.32 Å². The van der Waals surface area contributed by atoms with Crippen molar-refractivity contribution in [2.24, 2.45) is 5.41 Å². The van der Waals surface area contributed by atoms with Crippen molar-refractivity contribution in [3.63, 3.8) is 0 Å². The molecule has 0 heterocycles. The van der Waals surface area contributed by atoms with E-state index in [1.807, 2.05) is 0 Å². The van der Waals surface area contributed by atoms with Gasteiger partial charge in [0.1, 0.15) is 5.69 Å². The smallest absolute Gasteiger partial charge is 0.338 e. The molecule has 1 aliphatic carbocycles. The number of nitro benzene ring substituents is 1. The molecule has 1 fully saturated rings. The van der Waals surface area contributed by atoms with Crippen LogP contribution in [0, 0.1) is 15.5 Å². The fourth-order valence-corrected chi connectivity index (χ4v) is 3.05. The first-order valence-electron chi connectivity index (χ1n) is 7.07. The zero-order valence-corrected chi connectivity index (χ0v) is 12.3. The molecule has 1 aromatic carbocycles. The molecular weight excluding hydrogens is 272 g/mol. The van der Waals surface area contributed by atoms with Crippen LogP contribution in [0.3, 0.4) is 0 Å². The molecule has 0 radical (unpaired) electrons. The Morgan fingerprint density at radius 1 is 1.48 bits per heavy atom. The zero-order valence-electron chi connectivity index (χ0n) is 12.3. The van der Waals surface area contributed by atoms with Gasteiger partial charge in [-0.2, -0.15) is 0 Å². The Morgan fingerprint density at radius 3 is 2.76 bits per heavy atom. The third-order valence-electron chi connectivity index (χ3n) is 4.02. The van der Waals surface area contributed by atoms with Gasteiger partial charge in [-0.05, 0) is 30.7 Å². The highest BCUT2D eigenvalue weighted by atomic mass is 16.6. The summed E-state index contributed by atoms with van der Waals surface area (Å²) in [5.41, 5.74) is 0.0617. The van der Waals surface area contributed by atoms with Crippen LogP contribution in [0.15, 0.2) is 18.2 Å². The lowest BCUT2D eigenvalue weighted by Gasteiger charge is -2.36. The predicted octanol–water partition coefficient (Wildman–Crippen LogP) is 3.67. The Hall–Kier alpha value is -2.11. The van der Waals surface area contributed by atoms with E-state index in [0.717, 1.165) is 25.7 Å². The summed E-state index contributed by atoms with van der Waals surface area (Å²) in [6.45, 7) is 4.33. The van der Waals surface area contributed by atoms with Crippen LogP contribution in [-0.2, 0) is 0 Å². The molecule has 1 saturated carbocycles. The molecule has 0 bridgehead atoms. The Labute approximate surface area is 123 Å². The number of rotatable bonds is 4. The molecule has 1 unspecified atom stereocenters. The van der Waals surface area contributed by atoms with Crippen molar-refractivity contribution in [2.45, 2.75) is 45.6 Å². The number of hydrogen-bond donors (Lipinski definition) is 2. The van der Waals surface area contributed by atoms with Crippen LogP contribution >= 0.6 is 0 Å². The van der Waals surface area contributed by atoms with Crippen LogP contribution in [0.2, 0.25) is 0 Å². The highest BCUT2D eigenvalue weighted by molar-refractivity contribution is 5.96. The van der Waals surface area contributed by atoms with Gasteiger partial charge in [0.25, 0.3) is 5.69 Å². The van der Waals surface area contributed by atoms with E-state index in [1.165, 1.54) is 18.2 Å². The van der Waals surface area contributed by atoms with Crippen molar-refractivity contribution < 1.29 is 14.8 Å². The molecule has 0 saturated heterocycles. The fraction of sp³-hybridized carbons (Fsp3) is 0.533. The van der Waals surface area contributed by atoms with E-state index in [2.05, 4.69) is 19.2 Å². The van der Waals surface area contributed by atoms with E-state index in [4.69, 9.17) is 0 Å². The van der Waals surface area contributed by atoms with Gasteiger partial charge in [-0.3, -0.25) is 10.1 Å². The molecule has 0 amide bonds. The molecule has 6 nitrogen and oxygen atoms in total. The molecule has 2 N–H and O–H groups in total. The van der Waals surface area contributed by atoms with Gasteiger partial charge < -0.3 is 10.4 Å². The summed E-state index contributed by atoms with van der Waals surface area (Å²) < 4.78 is 0. The van der Waals surface area contributed by atoms with Gasteiger partial charge in [-0.1, -0.05) is 26.3 Å². The summed E-state index contributed by atoms with van der Waals surface area (Å²) in [7, 11) is 0. The minimum absolute atomic E-state index is 0.0485. The number of carboxylic acids is 1. The number of carboxylic acid groups (broad SMARTS) is 1. The average Bonchev–Trinajstić information content (AvgIpc) is 2.37. The summed E-state index contributed by atoms with van der Waals surface area (Å²) in [5.74, 6) is -1.16.